The topological polar surface area (TPSA) is 61.6 Å². The number of rotatable bonds is 4. The summed E-state index contributed by atoms with van der Waals surface area (Å²) in [6.45, 7) is 1.52. The SMILES string of the molecule is Cc1nocc1C(=O)Oc1cc(C2CC2)ccc1OC(F)(F)F. The number of hydrogen-bond acceptors (Lipinski definition) is 5. The summed E-state index contributed by atoms with van der Waals surface area (Å²) in [4.78, 5) is 12.1. The van der Waals surface area contributed by atoms with Crippen molar-refractivity contribution < 1.29 is 32.0 Å². The molecule has 0 radical (unpaired) electrons. The van der Waals surface area contributed by atoms with Crippen LogP contribution in [0.2, 0.25) is 0 Å². The first kappa shape index (κ1) is 15.4. The van der Waals surface area contributed by atoms with Crippen LogP contribution in [0.4, 0.5) is 13.2 Å². The maximum atomic E-state index is 12.5. The van der Waals surface area contributed by atoms with Crippen LogP contribution in [0, 0.1) is 6.92 Å². The van der Waals surface area contributed by atoms with Gasteiger partial charge >= 0.3 is 12.3 Å². The molecule has 1 saturated carbocycles. The summed E-state index contributed by atoms with van der Waals surface area (Å²) in [7, 11) is 0. The zero-order valence-electron chi connectivity index (χ0n) is 12.0. The van der Waals surface area contributed by atoms with Crippen molar-refractivity contribution >= 4 is 5.97 Å². The quantitative estimate of drug-likeness (QED) is 0.628. The molecule has 0 aliphatic heterocycles. The highest BCUT2D eigenvalue weighted by molar-refractivity contribution is 5.92. The van der Waals surface area contributed by atoms with Crippen LogP contribution in [0.15, 0.2) is 29.0 Å². The van der Waals surface area contributed by atoms with Crippen LogP contribution >= 0.6 is 0 Å². The van der Waals surface area contributed by atoms with Crippen LogP contribution in [-0.4, -0.2) is 17.5 Å². The van der Waals surface area contributed by atoms with E-state index in [0.29, 0.717) is 0 Å². The molecule has 1 heterocycles. The molecule has 8 heteroatoms. The zero-order chi connectivity index (χ0) is 16.6. The fourth-order valence-electron chi connectivity index (χ4n) is 2.13. The largest absolute Gasteiger partial charge is 0.573 e. The molecule has 1 aromatic carbocycles. The van der Waals surface area contributed by atoms with Gasteiger partial charge in [-0.05, 0) is 43.4 Å². The summed E-state index contributed by atoms with van der Waals surface area (Å²) in [5, 5.41) is 3.53. The smallest absolute Gasteiger partial charge is 0.419 e. The van der Waals surface area contributed by atoms with Crippen molar-refractivity contribution in [2.75, 3.05) is 0 Å². The Morgan fingerprint density at radius 2 is 2.04 bits per heavy atom. The minimum atomic E-state index is -4.88. The fourth-order valence-corrected chi connectivity index (χ4v) is 2.13. The fraction of sp³-hybridized carbons (Fsp3) is 0.333. The molecule has 0 bridgehead atoms. The molecular weight excluding hydrogens is 315 g/mol. The van der Waals surface area contributed by atoms with Gasteiger partial charge in [0.05, 0.1) is 5.69 Å². The lowest BCUT2D eigenvalue weighted by molar-refractivity contribution is -0.275. The van der Waals surface area contributed by atoms with Gasteiger partial charge in [-0.25, -0.2) is 4.79 Å². The summed E-state index contributed by atoms with van der Waals surface area (Å²) in [5.74, 6) is -1.42. The summed E-state index contributed by atoms with van der Waals surface area (Å²) < 4.78 is 51.1. The average molecular weight is 327 g/mol. The number of alkyl halides is 3. The molecule has 0 amide bonds. The molecule has 5 nitrogen and oxygen atoms in total. The molecule has 1 fully saturated rings. The number of nitrogens with zero attached hydrogens (tertiary/aromatic N) is 1. The van der Waals surface area contributed by atoms with E-state index in [1.165, 1.54) is 13.0 Å². The second-order valence-electron chi connectivity index (χ2n) is 5.23. The molecular formula is C15H12F3NO4. The van der Waals surface area contributed by atoms with E-state index >= 15 is 0 Å². The molecule has 23 heavy (non-hydrogen) atoms. The number of carbonyl (C=O) groups excluding carboxylic acids is 1. The van der Waals surface area contributed by atoms with Gasteiger partial charge in [0.15, 0.2) is 11.5 Å². The van der Waals surface area contributed by atoms with Gasteiger partial charge in [-0.2, -0.15) is 0 Å². The molecule has 3 rings (SSSR count). The Morgan fingerprint density at radius 3 is 2.61 bits per heavy atom. The Kier molecular flexibility index (Phi) is 3.75. The standard InChI is InChI=1S/C15H12F3NO4/c1-8-11(7-21-19-8)14(20)22-13-6-10(9-2-3-9)4-5-12(13)23-15(16,17)18/h4-7,9H,2-3H2,1H3. The lowest BCUT2D eigenvalue weighted by Gasteiger charge is -2.14. The Bertz CT molecular complexity index is 735. The second kappa shape index (κ2) is 5.60. The summed E-state index contributed by atoms with van der Waals surface area (Å²) >= 11 is 0. The van der Waals surface area contributed by atoms with Crippen LogP contribution in [0.3, 0.4) is 0 Å². The molecule has 0 N–H and O–H groups in total. The van der Waals surface area contributed by atoms with E-state index in [0.717, 1.165) is 30.7 Å². The predicted octanol–water partition coefficient (Wildman–Crippen LogP) is 3.98. The number of aromatic nitrogens is 1. The Labute approximate surface area is 129 Å². The number of carbonyl (C=O) groups is 1. The van der Waals surface area contributed by atoms with Crippen LogP contribution in [0.25, 0.3) is 0 Å². The highest BCUT2D eigenvalue weighted by atomic mass is 19.4. The van der Waals surface area contributed by atoms with E-state index in [1.807, 2.05) is 0 Å². The van der Waals surface area contributed by atoms with E-state index in [2.05, 4.69) is 14.4 Å². The highest BCUT2D eigenvalue weighted by Crippen LogP contribution is 2.43. The zero-order valence-corrected chi connectivity index (χ0v) is 12.0. The lowest BCUT2D eigenvalue weighted by Crippen LogP contribution is -2.18. The molecule has 122 valence electrons. The number of ether oxygens (including phenoxy) is 2. The lowest BCUT2D eigenvalue weighted by atomic mass is 10.1. The third-order valence-electron chi connectivity index (χ3n) is 3.41. The maximum absolute atomic E-state index is 12.5. The Hall–Kier alpha value is -2.51. The monoisotopic (exact) mass is 327 g/mol. The van der Waals surface area contributed by atoms with Crippen LogP contribution in [-0.2, 0) is 0 Å². The minimum absolute atomic E-state index is 0.0415. The van der Waals surface area contributed by atoms with E-state index in [-0.39, 0.29) is 22.9 Å². The third-order valence-corrected chi connectivity index (χ3v) is 3.41. The van der Waals surface area contributed by atoms with Crippen molar-refractivity contribution in [1.29, 1.82) is 0 Å². The van der Waals surface area contributed by atoms with Crippen LogP contribution in [0.1, 0.15) is 40.4 Å². The van der Waals surface area contributed by atoms with Gasteiger partial charge in [0.2, 0.25) is 0 Å². The van der Waals surface area contributed by atoms with Crippen molar-refractivity contribution in [2.45, 2.75) is 32.0 Å². The molecule has 0 unspecified atom stereocenters. The molecule has 0 atom stereocenters. The van der Waals surface area contributed by atoms with Gasteiger partial charge < -0.3 is 14.0 Å². The molecule has 0 spiro atoms. The van der Waals surface area contributed by atoms with Gasteiger partial charge in [-0.3, -0.25) is 0 Å². The first-order valence-electron chi connectivity index (χ1n) is 6.86. The van der Waals surface area contributed by atoms with Crippen molar-refractivity contribution in [1.82, 2.24) is 5.16 Å². The summed E-state index contributed by atoms with van der Waals surface area (Å²) in [6.07, 6.45) is -1.89. The molecule has 2 aromatic rings. The van der Waals surface area contributed by atoms with Gasteiger partial charge in [-0.1, -0.05) is 11.2 Å². The predicted molar refractivity (Wildman–Crippen MR) is 71.3 cm³/mol. The summed E-state index contributed by atoms with van der Waals surface area (Å²) in [5.41, 5.74) is 1.13. The van der Waals surface area contributed by atoms with E-state index in [1.54, 1.807) is 6.07 Å². The number of hydrogen-bond donors (Lipinski definition) is 0. The first-order chi connectivity index (χ1) is 10.8. The average Bonchev–Trinajstić information content (AvgIpc) is 3.21. The maximum Gasteiger partial charge on any atom is 0.573 e. The molecule has 1 aliphatic carbocycles. The van der Waals surface area contributed by atoms with Crippen molar-refractivity contribution in [2.24, 2.45) is 0 Å². The number of benzene rings is 1. The molecule has 0 saturated heterocycles. The number of halogens is 3. The Morgan fingerprint density at radius 1 is 1.30 bits per heavy atom. The van der Waals surface area contributed by atoms with Crippen molar-refractivity contribution in [3.63, 3.8) is 0 Å². The van der Waals surface area contributed by atoms with Crippen molar-refractivity contribution in [3.05, 3.63) is 41.3 Å². The van der Waals surface area contributed by atoms with Gasteiger partial charge in [-0.15, -0.1) is 13.2 Å². The van der Waals surface area contributed by atoms with Gasteiger partial charge in [0, 0.05) is 0 Å². The number of aryl methyl sites for hydroxylation is 1. The molecule has 1 aromatic heterocycles. The van der Waals surface area contributed by atoms with Crippen LogP contribution in [0.5, 0.6) is 11.5 Å². The third kappa shape index (κ3) is 3.64. The van der Waals surface area contributed by atoms with Gasteiger partial charge in [0.1, 0.15) is 11.8 Å². The first-order valence-corrected chi connectivity index (χ1v) is 6.86. The molecule has 1 aliphatic rings. The minimum Gasteiger partial charge on any atom is -0.419 e. The van der Waals surface area contributed by atoms with E-state index in [4.69, 9.17) is 4.74 Å². The number of esters is 1. The van der Waals surface area contributed by atoms with Gasteiger partial charge in [0.25, 0.3) is 0 Å². The van der Waals surface area contributed by atoms with Crippen molar-refractivity contribution in [3.8, 4) is 11.5 Å². The summed E-state index contributed by atoms with van der Waals surface area (Å²) in [6, 6.07) is 4.10. The van der Waals surface area contributed by atoms with E-state index in [9.17, 15) is 18.0 Å². The highest BCUT2D eigenvalue weighted by Gasteiger charge is 2.34. The second-order valence-corrected chi connectivity index (χ2v) is 5.23. The Balaban J connectivity index is 1.89. The van der Waals surface area contributed by atoms with E-state index < -0.39 is 18.1 Å². The normalized spacial score (nSPS) is 14.6. The van der Waals surface area contributed by atoms with Crippen LogP contribution < -0.4 is 9.47 Å².